The molecule has 0 aliphatic heterocycles. The Morgan fingerprint density at radius 2 is 2.06 bits per heavy atom. The number of likely N-dealkylation sites (N-methyl/N-ethyl adjacent to an activating group) is 1. The first-order valence-corrected chi connectivity index (χ1v) is 6.02. The average molecular weight is 244 g/mol. The first kappa shape index (κ1) is 13.5. The molecule has 0 amide bonds. The van der Waals surface area contributed by atoms with Crippen molar-refractivity contribution in [2.75, 3.05) is 7.05 Å². The van der Waals surface area contributed by atoms with Crippen LogP contribution in [0.3, 0.4) is 0 Å². The normalized spacial score (nSPS) is 13.1. The topological polar surface area (TPSA) is 12.0 Å². The summed E-state index contributed by atoms with van der Waals surface area (Å²) in [5.41, 5.74) is 0.877. The lowest BCUT2D eigenvalue weighted by Gasteiger charge is -2.19. The van der Waals surface area contributed by atoms with Crippen molar-refractivity contribution in [3.05, 3.63) is 34.6 Å². The summed E-state index contributed by atoms with van der Waals surface area (Å²) in [5, 5.41) is 3.89. The van der Waals surface area contributed by atoms with E-state index in [1.807, 2.05) is 7.05 Å². The minimum atomic E-state index is -0.223. The molecule has 0 aliphatic carbocycles. The van der Waals surface area contributed by atoms with E-state index in [-0.39, 0.29) is 5.82 Å². The number of hydrogen-bond donors (Lipinski definition) is 1. The maximum atomic E-state index is 13.1. The highest BCUT2D eigenvalue weighted by molar-refractivity contribution is 6.31. The van der Waals surface area contributed by atoms with Crippen LogP contribution in [0.15, 0.2) is 18.2 Å². The van der Waals surface area contributed by atoms with Gasteiger partial charge in [-0.15, -0.1) is 0 Å². The minimum absolute atomic E-state index is 0.223. The van der Waals surface area contributed by atoms with E-state index >= 15 is 0 Å². The molecule has 1 rings (SSSR count). The molecule has 0 spiro atoms. The van der Waals surface area contributed by atoms with Gasteiger partial charge in [-0.25, -0.2) is 4.39 Å². The van der Waals surface area contributed by atoms with Crippen LogP contribution in [0.2, 0.25) is 5.02 Å². The fourth-order valence-corrected chi connectivity index (χ4v) is 2.03. The molecule has 1 N–H and O–H groups in total. The third-order valence-electron chi connectivity index (χ3n) is 2.64. The molecule has 0 heterocycles. The van der Waals surface area contributed by atoms with Crippen LogP contribution >= 0.6 is 11.6 Å². The predicted octanol–water partition coefficient (Wildman–Crippen LogP) is 3.66. The van der Waals surface area contributed by atoms with E-state index in [2.05, 4.69) is 19.2 Å². The highest BCUT2D eigenvalue weighted by Gasteiger charge is 2.12. The summed E-state index contributed by atoms with van der Waals surface area (Å²) >= 11 is 6.04. The molecule has 0 fully saturated rings. The van der Waals surface area contributed by atoms with Crippen LogP contribution in [-0.2, 0) is 6.42 Å². The Morgan fingerprint density at radius 1 is 1.38 bits per heavy atom. The molecule has 0 radical (unpaired) electrons. The van der Waals surface area contributed by atoms with Crippen LogP contribution in [0.4, 0.5) is 4.39 Å². The molecule has 1 unspecified atom stereocenters. The van der Waals surface area contributed by atoms with Crippen LogP contribution in [0, 0.1) is 11.7 Å². The van der Waals surface area contributed by atoms with Crippen LogP contribution in [0.5, 0.6) is 0 Å². The molecule has 0 saturated carbocycles. The van der Waals surface area contributed by atoms with Crippen LogP contribution in [0.25, 0.3) is 0 Å². The average Bonchev–Trinajstić information content (AvgIpc) is 2.21. The summed E-state index contributed by atoms with van der Waals surface area (Å²) in [6, 6.07) is 4.88. The lowest BCUT2D eigenvalue weighted by atomic mass is 9.97. The van der Waals surface area contributed by atoms with E-state index in [1.54, 1.807) is 6.07 Å². The first-order valence-electron chi connectivity index (χ1n) is 5.64. The molecule has 16 heavy (non-hydrogen) atoms. The van der Waals surface area contributed by atoms with Gasteiger partial charge in [-0.2, -0.15) is 0 Å². The smallest absolute Gasteiger partial charge is 0.123 e. The lowest BCUT2D eigenvalue weighted by molar-refractivity contribution is 0.440. The van der Waals surface area contributed by atoms with Crippen molar-refractivity contribution in [2.45, 2.75) is 32.7 Å². The highest BCUT2D eigenvalue weighted by atomic mass is 35.5. The van der Waals surface area contributed by atoms with E-state index in [1.165, 1.54) is 12.1 Å². The summed E-state index contributed by atoms with van der Waals surface area (Å²) in [6.07, 6.45) is 1.83. The second-order valence-electron chi connectivity index (χ2n) is 4.56. The van der Waals surface area contributed by atoms with Gasteiger partial charge >= 0.3 is 0 Å². The number of hydrogen-bond acceptors (Lipinski definition) is 1. The largest absolute Gasteiger partial charge is 0.317 e. The molecule has 3 heteroatoms. The minimum Gasteiger partial charge on any atom is -0.317 e. The molecule has 1 nitrogen and oxygen atoms in total. The fourth-order valence-electron chi connectivity index (χ4n) is 1.84. The summed E-state index contributed by atoms with van der Waals surface area (Å²) in [6.45, 7) is 4.36. The molecule has 0 aromatic heterocycles. The van der Waals surface area contributed by atoms with Gasteiger partial charge in [-0.1, -0.05) is 25.4 Å². The van der Waals surface area contributed by atoms with Crippen molar-refractivity contribution < 1.29 is 4.39 Å². The fraction of sp³-hybridized carbons (Fsp3) is 0.538. The standard InChI is InChI=1S/C13H19ClFN/c1-9(2)6-12(16-3)8-10-7-11(15)4-5-13(10)14/h4-5,7,9,12,16H,6,8H2,1-3H3. The van der Waals surface area contributed by atoms with Crippen molar-refractivity contribution in [3.63, 3.8) is 0 Å². The van der Waals surface area contributed by atoms with Crippen LogP contribution in [0.1, 0.15) is 25.8 Å². The predicted molar refractivity (Wildman–Crippen MR) is 67.4 cm³/mol. The molecular formula is C13H19ClFN. The van der Waals surface area contributed by atoms with Crippen LogP contribution in [-0.4, -0.2) is 13.1 Å². The van der Waals surface area contributed by atoms with E-state index < -0.39 is 0 Å². The third kappa shape index (κ3) is 4.11. The molecule has 90 valence electrons. The summed E-state index contributed by atoms with van der Waals surface area (Å²) in [4.78, 5) is 0. The Bertz CT molecular complexity index is 339. The lowest BCUT2D eigenvalue weighted by Crippen LogP contribution is -2.29. The molecule has 0 saturated heterocycles. The van der Waals surface area contributed by atoms with Gasteiger partial charge in [-0.3, -0.25) is 0 Å². The quantitative estimate of drug-likeness (QED) is 0.832. The molecule has 0 bridgehead atoms. The Kier molecular flexibility index (Phi) is 5.23. The van der Waals surface area contributed by atoms with Crippen molar-refractivity contribution in [3.8, 4) is 0 Å². The van der Waals surface area contributed by atoms with Gasteiger partial charge in [0.05, 0.1) is 0 Å². The Balaban J connectivity index is 2.73. The van der Waals surface area contributed by atoms with Gasteiger partial charge in [0.15, 0.2) is 0 Å². The SMILES string of the molecule is CNC(Cc1cc(F)ccc1Cl)CC(C)C. The second-order valence-corrected chi connectivity index (χ2v) is 4.96. The first-order chi connectivity index (χ1) is 7.52. The van der Waals surface area contributed by atoms with Gasteiger partial charge in [0.1, 0.15) is 5.82 Å². The molecule has 1 atom stereocenters. The van der Waals surface area contributed by atoms with Crippen molar-refractivity contribution in [2.24, 2.45) is 5.92 Å². The monoisotopic (exact) mass is 243 g/mol. The molecule has 0 aliphatic rings. The summed E-state index contributed by atoms with van der Waals surface area (Å²) in [7, 11) is 1.93. The van der Waals surface area contributed by atoms with E-state index in [9.17, 15) is 4.39 Å². The van der Waals surface area contributed by atoms with Crippen LogP contribution < -0.4 is 5.32 Å². The summed E-state index contributed by atoms with van der Waals surface area (Å²) in [5.74, 6) is 0.392. The second kappa shape index (κ2) is 6.21. The van der Waals surface area contributed by atoms with E-state index in [0.717, 1.165) is 18.4 Å². The zero-order valence-electron chi connectivity index (χ0n) is 10.1. The van der Waals surface area contributed by atoms with Gasteiger partial charge in [-0.05, 0) is 49.6 Å². The molecular weight excluding hydrogens is 225 g/mol. The molecule has 1 aromatic carbocycles. The maximum Gasteiger partial charge on any atom is 0.123 e. The highest BCUT2D eigenvalue weighted by Crippen LogP contribution is 2.20. The number of nitrogens with one attached hydrogen (secondary N) is 1. The zero-order valence-corrected chi connectivity index (χ0v) is 10.8. The number of benzene rings is 1. The Labute approximate surface area is 102 Å². The van der Waals surface area contributed by atoms with Gasteiger partial charge in [0.2, 0.25) is 0 Å². The van der Waals surface area contributed by atoms with E-state index in [4.69, 9.17) is 11.6 Å². The third-order valence-corrected chi connectivity index (χ3v) is 3.01. The molecule has 1 aromatic rings. The van der Waals surface area contributed by atoms with Gasteiger partial charge in [0.25, 0.3) is 0 Å². The summed E-state index contributed by atoms with van der Waals surface area (Å²) < 4.78 is 13.1. The zero-order chi connectivity index (χ0) is 12.1. The van der Waals surface area contributed by atoms with Crippen molar-refractivity contribution in [1.29, 1.82) is 0 Å². The Morgan fingerprint density at radius 3 is 2.62 bits per heavy atom. The maximum absolute atomic E-state index is 13.1. The van der Waals surface area contributed by atoms with Crippen molar-refractivity contribution in [1.82, 2.24) is 5.32 Å². The van der Waals surface area contributed by atoms with Gasteiger partial charge in [0, 0.05) is 11.1 Å². The van der Waals surface area contributed by atoms with E-state index in [0.29, 0.717) is 17.0 Å². The van der Waals surface area contributed by atoms with Crippen molar-refractivity contribution >= 4 is 11.6 Å². The van der Waals surface area contributed by atoms with Gasteiger partial charge < -0.3 is 5.32 Å². The number of halogens is 2. The Hall–Kier alpha value is -0.600. The number of rotatable bonds is 5.